The van der Waals surface area contributed by atoms with Crippen LogP contribution in [-0.4, -0.2) is 35.6 Å². The number of anilines is 2. The van der Waals surface area contributed by atoms with E-state index < -0.39 is 0 Å². The van der Waals surface area contributed by atoms with Crippen LogP contribution in [0.15, 0.2) is 23.4 Å². The third-order valence-corrected chi connectivity index (χ3v) is 3.61. The molecule has 21 heavy (non-hydrogen) atoms. The number of hydrazone groups is 1. The molecule has 0 radical (unpaired) electrons. The first-order valence-corrected chi connectivity index (χ1v) is 7.11. The van der Waals surface area contributed by atoms with Crippen molar-refractivity contribution in [1.82, 2.24) is 10.4 Å². The van der Waals surface area contributed by atoms with Gasteiger partial charge in [-0.3, -0.25) is 9.59 Å². The standard InChI is InChI=1S/C14H17N5O2/c20-12-6-5-11(17-18-12)14(21)16-10-4-3-7-15-13(10)19-8-1-2-9-19/h3-4,7H,1-2,5-6,8-9H2,(H,16,21)(H,18,20). The number of nitrogens with zero attached hydrogens (tertiary/aromatic N) is 3. The molecule has 2 aliphatic rings. The number of pyridine rings is 1. The maximum atomic E-state index is 12.2. The number of aromatic nitrogens is 1. The molecule has 0 aliphatic carbocycles. The summed E-state index contributed by atoms with van der Waals surface area (Å²) in [6.07, 6.45) is 4.66. The van der Waals surface area contributed by atoms with Crippen molar-refractivity contribution >= 4 is 29.0 Å². The summed E-state index contributed by atoms with van der Waals surface area (Å²) in [6.45, 7) is 1.91. The summed E-state index contributed by atoms with van der Waals surface area (Å²) in [4.78, 5) is 29.8. The van der Waals surface area contributed by atoms with Crippen molar-refractivity contribution in [2.24, 2.45) is 5.10 Å². The van der Waals surface area contributed by atoms with E-state index in [0.29, 0.717) is 17.8 Å². The van der Waals surface area contributed by atoms with E-state index in [4.69, 9.17) is 0 Å². The molecule has 1 saturated heterocycles. The molecule has 7 nitrogen and oxygen atoms in total. The number of carbonyl (C=O) groups is 2. The lowest BCUT2D eigenvalue weighted by atomic mass is 10.1. The van der Waals surface area contributed by atoms with E-state index in [1.807, 2.05) is 6.07 Å². The van der Waals surface area contributed by atoms with Gasteiger partial charge in [0.1, 0.15) is 5.71 Å². The topological polar surface area (TPSA) is 86.7 Å². The zero-order valence-corrected chi connectivity index (χ0v) is 11.6. The minimum absolute atomic E-state index is 0.161. The largest absolute Gasteiger partial charge is 0.355 e. The Balaban J connectivity index is 1.75. The number of rotatable bonds is 3. The van der Waals surface area contributed by atoms with Crippen LogP contribution < -0.4 is 15.6 Å². The first-order chi connectivity index (χ1) is 10.2. The minimum Gasteiger partial charge on any atom is -0.355 e. The molecular weight excluding hydrogens is 270 g/mol. The van der Waals surface area contributed by atoms with Crippen LogP contribution in [0, 0.1) is 0 Å². The highest BCUT2D eigenvalue weighted by atomic mass is 16.2. The van der Waals surface area contributed by atoms with E-state index in [9.17, 15) is 9.59 Å². The predicted octanol–water partition coefficient (Wildman–Crippen LogP) is 0.886. The van der Waals surface area contributed by atoms with Crippen LogP contribution in [0.2, 0.25) is 0 Å². The van der Waals surface area contributed by atoms with Crippen LogP contribution in [0.1, 0.15) is 25.7 Å². The lowest BCUT2D eigenvalue weighted by Crippen LogP contribution is -2.33. The molecule has 2 N–H and O–H groups in total. The second-order valence-electron chi connectivity index (χ2n) is 5.12. The zero-order valence-electron chi connectivity index (χ0n) is 11.6. The molecule has 0 unspecified atom stereocenters. The fourth-order valence-electron chi connectivity index (χ4n) is 2.51. The highest BCUT2D eigenvalue weighted by Gasteiger charge is 2.21. The van der Waals surface area contributed by atoms with Gasteiger partial charge in [0.25, 0.3) is 5.91 Å². The van der Waals surface area contributed by atoms with Crippen LogP contribution in [0.3, 0.4) is 0 Å². The normalized spacial score (nSPS) is 18.2. The second-order valence-corrected chi connectivity index (χ2v) is 5.12. The summed E-state index contributed by atoms with van der Waals surface area (Å²) in [6, 6.07) is 3.63. The predicted molar refractivity (Wildman–Crippen MR) is 79.1 cm³/mol. The Bertz CT molecular complexity index is 593. The lowest BCUT2D eigenvalue weighted by molar-refractivity contribution is -0.121. The Morgan fingerprint density at radius 3 is 2.81 bits per heavy atom. The van der Waals surface area contributed by atoms with E-state index in [-0.39, 0.29) is 18.2 Å². The molecule has 0 aromatic carbocycles. The first-order valence-electron chi connectivity index (χ1n) is 7.11. The number of carbonyl (C=O) groups excluding carboxylic acids is 2. The summed E-state index contributed by atoms with van der Waals surface area (Å²) in [5, 5.41) is 6.65. The summed E-state index contributed by atoms with van der Waals surface area (Å²) < 4.78 is 0. The van der Waals surface area contributed by atoms with E-state index in [2.05, 4.69) is 25.7 Å². The van der Waals surface area contributed by atoms with Crippen LogP contribution in [-0.2, 0) is 9.59 Å². The highest BCUT2D eigenvalue weighted by Crippen LogP contribution is 2.26. The van der Waals surface area contributed by atoms with Crippen molar-refractivity contribution in [1.29, 1.82) is 0 Å². The molecule has 2 aliphatic heterocycles. The average Bonchev–Trinajstić information content (AvgIpc) is 3.02. The fraction of sp³-hybridized carbons (Fsp3) is 0.429. The number of hydrogen-bond donors (Lipinski definition) is 2. The third kappa shape index (κ3) is 3.01. The Morgan fingerprint density at radius 2 is 2.10 bits per heavy atom. The molecule has 1 aromatic heterocycles. The summed E-state index contributed by atoms with van der Waals surface area (Å²) in [5.41, 5.74) is 3.35. The monoisotopic (exact) mass is 287 g/mol. The van der Waals surface area contributed by atoms with Crippen molar-refractivity contribution < 1.29 is 9.59 Å². The molecule has 0 spiro atoms. The van der Waals surface area contributed by atoms with Gasteiger partial charge in [0.05, 0.1) is 5.69 Å². The van der Waals surface area contributed by atoms with Crippen molar-refractivity contribution in [3.05, 3.63) is 18.3 Å². The van der Waals surface area contributed by atoms with Crippen molar-refractivity contribution in [3.8, 4) is 0 Å². The summed E-state index contributed by atoms with van der Waals surface area (Å²) in [5.74, 6) is 0.345. The van der Waals surface area contributed by atoms with Crippen LogP contribution in [0.25, 0.3) is 0 Å². The molecule has 0 saturated carbocycles. The third-order valence-electron chi connectivity index (χ3n) is 3.61. The van der Waals surface area contributed by atoms with Gasteiger partial charge in [-0.05, 0) is 25.0 Å². The minimum atomic E-state index is -0.288. The SMILES string of the molecule is O=C1CCC(C(=O)Nc2cccnc2N2CCCC2)=NN1. The van der Waals surface area contributed by atoms with Crippen LogP contribution >= 0.6 is 0 Å². The van der Waals surface area contributed by atoms with Gasteiger partial charge in [0.15, 0.2) is 5.82 Å². The summed E-state index contributed by atoms with van der Waals surface area (Å²) in [7, 11) is 0. The van der Waals surface area contributed by atoms with Gasteiger partial charge in [-0.25, -0.2) is 10.4 Å². The van der Waals surface area contributed by atoms with Gasteiger partial charge < -0.3 is 10.2 Å². The Morgan fingerprint density at radius 1 is 1.29 bits per heavy atom. The van der Waals surface area contributed by atoms with Crippen LogP contribution in [0.4, 0.5) is 11.5 Å². The molecule has 110 valence electrons. The number of amides is 2. The molecule has 1 aromatic rings. The van der Waals surface area contributed by atoms with E-state index in [1.54, 1.807) is 12.3 Å². The lowest BCUT2D eigenvalue weighted by Gasteiger charge is -2.20. The van der Waals surface area contributed by atoms with Gasteiger partial charge in [-0.15, -0.1) is 0 Å². The van der Waals surface area contributed by atoms with Gasteiger partial charge in [0.2, 0.25) is 5.91 Å². The molecule has 3 rings (SSSR count). The van der Waals surface area contributed by atoms with Crippen molar-refractivity contribution in [3.63, 3.8) is 0 Å². The quantitative estimate of drug-likeness (QED) is 0.864. The van der Waals surface area contributed by atoms with Crippen LogP contribution in [0.5, 0.6) is 0 Å². The molecular formula is C14H17N5O2. The first kappa shape index (κ1) is 13.5. The van der Waals surface area contributed by atoms with Gasteiger partial charge in [-0.2, -0.15) is 5.10 Å². The van der Waals surface area contributed by atoms with Crippen molar-refractivity contribution in [2.75, 3.05) is 23.3 Å². The van der Waals surface area contributed by atoms with Gasteiger partial charge >= 0.3 is 0 Å². The van der Waals surface area contributed by atoms with E-state index in [0.717, 1.165) is 31.7 Å². The molecule has 0 bridgehead atoms. The Labute approximate surface area is 122 Å². The Kier molecular flexibility index (Phi) is 3.81. The molecule has 3 heterocycles. The number of hydrogen-bond acceptors (Lipinski definition) is 5. The van der Waals surface area contributed by atoms with E-state index in [1.165, 1.54) is 0 Å². The smallest absolute Gasteiger partial charge is 0.271 e. The molecule has 0 atom stereocenters. The van der Waals surface area contributed by atoms with Crippen molar-refractivity contribution in [2.45, 2.75) is 25.7 Å². The highest BCUT2D eigenvalue weighted by molar-refractivity contribution is 6.43. The fourth-order valence-corrected chi connectivity index (χ4v) is 2.51. The molecule has 2 amide bonds. The van der Waals surface area contributed by atoms with E-state index >= 15 is 0 Å². The number of nitrogens with one attached hydrogen (secondary N) is 2. The molecule has 7 heteroatoms. The maximum absolute atomic E-state index is 12.2. The molecule has 1 fully saturated rings. The maximum Gasteiger partial charge on any atom is 0.271 e. The second kappa shape index (κ2) is 5.90. The van der Waals surface area contributed by atoms with Gasteiger partial charge in [0, 0.05) is 32.1 Å². The Hall–Kier alpha value is -2.44. The van der Waals surface area contributed by atoms with Gasteiger partial charge in [-0.1, -0.05) is 0 Å². The zero-order chi connectivity index (χ0) is 14.7. The summed E-state index contributed by atoms with van der Waals surface area (Å²) >= 11 is 0. The average molecular weight is 287 g/mol.